The molecule has 0 aliphatic rings. The molecule has 0 saturated carbocycles. The Morgan fingerprint density at radius 1 is 0.893 bits per heavy atom. The van der Waals surface area contributed by atoms with Crippen molar-refractivity contribution in [3.63, 3.8) is 0 Å². The lowest BCUT2D eigenvalue weighted by Crippen LogP contribution is -2.45. The molecule has 0 aliphatic carbocycles. The third kappa shape index (κ3) is 8.22. The third-order valence-corrected chi connectivity index (χ3v) is 2.92. The van der Waals surface area contributed by atoms with Gasteiger partial charge in [0.15, 0.2) is 0 Å². The highest BCUT2D eigenvalue weighted by atomic mass is 16.6. The smallest absolute Gasteiger partial charge is 0.415 e. The van der Waals surface area contributed by atoms with Crippen LogP contribution in [0, 0.1) is 5.92 Å². The second-order valence-corrected chi connectivity index (χ2v) is 6.30. The van der Waals surface area contributed by atoms with Gasteiger partial charge in [0, 0.05) is 0 Å². The Morgan fingerprint density at radius 2 is 1.36 bits per heavy atom. The van der Waals surface area contributed by atoms with Crippen molar-refractivity contribution in [1.29, 1.82) is 0 Å². The fraction of sp³-hybridized carbons (Fsp3) is 0.667. The van der Waals surface area contributed by atoms with Gasteiger partial charge in [-0.05, 0) is 41.5 Å². The van der Waals surface area contributed by atoms with Crippen LogP contribution in [0.25, 0.3) is 0 Å². The van der Waals surface area contributed by atoms with Crippen molar-refractivity contribution in [2.45, 2.75) is 47.1 Å². The van der Waals surface area contributed by atoms with E-state index in [0.717, 1.165) is 0 Å². The summed E-state index contributed by atoms with van der Waals surface area (Å²) in [6.45, 7) is 8.28. The molecule has 0 unspecified atom stereocenters. The molecule has 0 aromatic heterocycles. The van der Waals surface area contributed by atoms with Crippen molar-refractivity contribution in [2.75, 3.05) is 26.4 Å². The summed E-state index contributed by atoms with van der Waals surface area (Å²) < 4.78 is 19.6. The number of nitrogens with zero attached hydrogens (tertiary/aromatic N) is 1. The Bertz CT molecular complexity index is 611. The van der Waals surface area contributed by atoms with Gasteiger partial charge in [-0.3, -0.25) is 19.3 Å². The molecule has 0 aromatic carbocycles. The van der Waals surface area contributed by atoms with Gasteiger partial charge in [-0.25, -0.2) is 9.59 Å². The first kappa shape index (κ1) is 25.1. The fourth-order valence-corrected chi connectivity index (χ4v) is 1.94. The van der Waals surface area contributed by atoms with Crippen molar-refractivity contribution in [2.24, 2.45) is 5.92 Å². The van der Waals surface area contributed by atoms with Crippen LogP contribution in [0.3, 0.4) is 0 Å². The zero-order chi connectivity index (χ0) is 21.9. The molecule has 28 heavy (non-hydrogen) atoms. The van der Waals surface area contributed by atoms with Crippen LogP contribution in [0.1, 0.15) is 41.5 Å². The molecule has 0 saturated heterocycles. The van der Waals surface area contributed by atoms with Crippen LogP contribution in [0.2, 0.25) is 0 Å². The van der Waals surface area contributed by atoms with E-state index in [0.29, 0.717) is 4.90 Å². The number of esters is 3. The molecule has 158 valence electrons. The lowest BCUT2D eigenvalue weighted by Gasteiger charge is -2.28. The van der Waals surface area contributed by atoms with Crippen LogP contribution < -0.4 is 0 Å². The van der Waals surface area contributed by atoms with Crippen LogP contribution in [-0.2, 0) is 38.1 Å². The molecule has 0 radical (unpaired) electrons. The van der Waals surface area contributed by atoms with Gasteiger partial charge in [0.1, 0.15) is 23.8 Å². The summed E-state index contributed by atoms with van der Waals surface area (Å²) in [5.41, 5.74) is -1.75. The highest BCUT2D eigenvalue weighted by Crippen LogP contribution is 2.21. The molecule has 0 spiro atoms. The maximum atomic E-state index is 12.6. The van der Waals surface area contributed by atoms with E-state index in [2.05, 4.69) is 0 Å². The minimum Gasteiger partial charge on any atom is -0.465 e. The summed E-state index contributed by atoms with van der Waals surface area (Å²) >= 11 is 0. The average Bonchev–Trinajstić information content (AvgIpc) is 2.56. The predicted molar refractivity (Wildman–Crippen MR) is 95.5 cm³/mol. The van der Waals surface area contributed by atoms with Gasteiger partial charge >= 0.3 is 24.0 Å². The van der Waals surface area contributed by atoms with Crippen LogP contribution >= 0.6 is 0 Å². The SMILES string of the molecule is CCOC(=O)CN(C(=O)OC(C)(C)C)C(=C=O)C(C(=O)OCC)C(=O)OCC. The number of rotatable bonds is 9. The van der Waals surface area contributed by atoms with Crippen molar-refractivity contribution in [3.8, 4) is 0 Å². The Morgan fingerprint density at radius 3 is 1.71 bits per heavy atom. The number of carbonyl (C=O) groups is 4. The van der Waals surface area contributed by atoms with E-state index in [4.69, 9.17) is 18.9 Å². The van der Waals surface area contributed by atoms with Crippen molar-refractivity contribution in [1.82, 2.24) is 4.90 Å². The Hall–Kier alpha value is -2.87. The van der Waals surface area contributed by atoms with Gasteiger partial charge < -0.3 is 18.9 Å². The molecule has 0 bridgehead atoms. The topological polar surface area (TPSA) is 126 Å². The zero-order valence-corrected chi connectivity index (χ0v) is 17.0. The Balaban J connectivity index is 6.11. The fourth-order valence-electron chi connectivity index (χ4n) is 1.94. The molecule has 0 aliphatic heterocycles. The standard InChI is InChI=1S/C18H27NO9/c1-7-25-13(21)10-19(17(24)28-18(4,5)6)12(11-20)14(15(22)26-8-2)16(23)27-9-3/h14H,7-10H2,1-6H3. The first-order chi connectivity index (χ1) is 13.0. The molecule has 0 aromatic rings. The minimum atomic E-state index is -1.92. The lowest BCUT2D eigenvalue weighted by molar-refractivity contribution is -0.160. The molecular weight excluding hydrogens is 374 g/mol. The normalized spacial score (nSPS) is 10.5. The van der Waals surface area contributed by atoms with Gasteiger partial charge in [0.25, 0.3) is 0 Å². The largest absolute Gasteiger partial charge is 0.465 e. The minimum absolute atomic E-state index is 0.0142. The summed E-state index contributed by atoms with van der Waals surface area (Å²) in [7, 11) is 0. The Kier molecular flexibility index (Phi) is 10.6. The number of ether oxygens (including phenoxy) is 4. The molecule has 0 atom stereocenters. The molecule has 0 rings (SSSR count). The van der Waals surface area contributed by atoms with E-state index in [1.165, 1.54) is 19.8 Å². The van der Waals surface area contributed by atoms with E-state index in [1.807, 2.05) is 0 Å². The molecule has 0 N–H and O–H groups in total. The van der Waals surface area contributed by atoms with Gasteiger partial charge in [-0.1, -0.05) is 0 Å². The van der Waals surface area contributed by atoms with Crippen LogP contribution in [-0.4, -0.2) is 66.8 Å². The first-order valence-corrected chi connectivity index (χ1v) is 8.76. The van der Waals surface area contributed by atoms with Gasteiger partial charge in [0.2, 0.25) is 5.92 Å². The molecule has 0 heterocycles. The van der Waals surface area contributed by atoms with Crippen molar-refractivity contribution >= 4 is 29.9 Å². The molecular formula is C18H27NO9. The van der Waals surface area contributed by atoms with E-state index >= 15 is 0 Å². The summed E-state index contributed by atoms with van der Waals surface area (Å²) in [5, 5.41) is 0. The van der Waals surface area contributed by atoms with Crippen LogP contribution in [0.5, 0.6) is 0 Å². The van der Waals surface area contributed by atoms with E-state index in [9.17, 15) is 24.0 Å². The Labute approximate surface area is 163 Å². The quantitative estimate of drug-likeness (QED) is 0.243. The number of amides is 1. The number of carbonyl (C=O) groups excluding carboxylic acids is 5. The second kappa shape index (κ2) is 11.8. The van der Waals surface area contributed by atoms with Crippen molar-refractivity contribution in [3.05, 3.63) is 5.70 Å². The van der Waals surface area contributed by atoms with Gasteiger partial charge in [-0.2, -0.15) is 0 Å². The number of hydrogen-bond acceptors (Lipinski definition) is 9. The highest BCUT2D eigenvalue weighted by molar-refractivity contribution is 6.01. The summed E-state index contributed by atoms with van der Waals surface area (Å²) in [6, 6.07) is 0. The molecule has 0 fully saturated rings. The predicted octanol–water partition coefficient (Wildman–Crippen LogP) is 1.24. The summed E-state index contributed by atoms with van der Waals surface area (Å²) in [6.07, 6.45) is -1.14. The number of hydrogen-bond donors (Lipinski definition) is 0. The third-order valence-electron chi connectivity index (χ3n) is 2.92. The summed E-state index contributed by atoms with van der Waals surface area (Å²) in [5.74, 6) is -3.68. The van der Waals surface area contributed by atoms with E-state index < -0.39 is 47.8 Å². The first-order valence-electron chi connectivity index (χ1n) is 8.76. The highest BCUT2D eigenvalue weighted by Gasteiger charge is 2.41. The maximum Gasteiger partial charge on any atom is 0.415 e. The molecule has 1 amide bonds. The molecule has 10 heteroatoms. The van der Waals surface area contributed by atoms with E-state index in [-0.39, 0.29) is 19.8 Å². The lowest BCUT2D eigenvalue weighted by atomic mass is 10.1. The van der Waals surface area contributed by atoms with Crippen LogP contribution in [0.4, 0.5) is 4.79 Å². The van der Waals surface area contributed by atoms with Crippen molar-refractivity contribution < 1.29 is 42.9 Å². The zero-order valence-electron chi connectivity index (χ0n) is 17.0. The maximum absolute atomic E-state index is 12.6. The monoisotopic (exact) mass is 401 g/mol. The average molecular weight is 401 g/mol. The molecule has 10 nitrogen and oxygen atoms in total. The van der Waals surface area contributed by atoms with Crippen LogP contribution in [0.15, 0.2) is 5.70 Å². The van der Waals surface area contributed by atoms with Gasteiger partial charge in [-0.15, -0.1) is 0 Å². The second-order valence-electron chi connectivity index (χ2n) is 6.30. The van der Waals surface area contributed by atoms with Gasteiger partial charge in [0.05, 0.1) is 19.8 Å². The summed E-state index contributed by atoms with van der Waals surface area (Å²) in [4.78, 5) is 61.2. The van der Waals surface area contributed by atoms with E-state index in [1.54, 1.807) is 27.7 Å².